The summed E-state index contributed by atoms with van der Waals surface area (Å²) in [7, 11) is 1.54. The van der Waals surface area contributed by atoms with Gasteiger partial charge in [0.1, 0.15) is 0 Å². The van der Waals surface area contributed by atoms with E-state index in [1.54, 1.807) is 22.6 Å². The van der Waals surface area contributed by atoms with Crippen LogP contribution in [0.1, 0.15) is 23.8 Å². The number of nitrogens with zero attached hydrogens (tertiary/aromatic N) is 4. The van der Waals surface area contributed by atoms with Gasteiger partial charge in [0.05, 0.1) is 3.57 Å². The largest absolute Gasteiger partial charge is 0.438 e. The van der Waals surface area contributed by atoms with E-state index in [4.69, 9.17) is 0 Å². The van der Waals surface area contributed by atoms with Crippen molar-refractivity contribution in [3.8, 4) is 0 Å². The summed E-state index contributed by atoms with van der Waals surface area (Å²) in [6.07, 6.45) is -4.30. The average molecular weight is 402 g/mol. The topological polar surface area (TPSA) is 70.7 Å². The van der Waals surface area contributed by atoms with Crippen molar-refractivity contribution in [3.63, 3.8) is 0 Å². The van der Waals surface area contributed by atoms with Crippen LogP contribution in [0.4, 0.5) is 13.2 Å². The fourth-order valence-electron chi connectivity index (χ4n) is 1.86. The molecule has 0 saturated heterocycles. The molecule has 110 valence electrons. The maximum absolute atomic E-state index is 13.0. The van der Waals surface area contributed by atoms with Crippen molar-refractivity contribution in [3.05, 3.63) is 15.5 Å². The van der Waals surface area contributed by atoms with Crippen molar-refractivity contribution in [2.24, 2.45) is 12.1 Å². The minimum atomic E-state index is -5.01. The number of hydrazone groups is 1. The number of hydrogen-bond donors (Lipinski definition) is 1. The number of carbonyl (C=O) groups is 1. The molecule has 1 aromatic rings. The average Bonchev–Trinajstić information content (AvgIpc) is 2.77. The summed E-state index contributed by atoms with van der Waals surface area (Å²) >= 11 is 1.78. The van der Waals surface area contributed by atoms with Crippen LogP contribution in [0.15, 0.2) is 11.3 Å². The zero-order valence-electron chi connectivity index (χ0n) is 10.4. The standard InChI is InChI=1S/C10H10F3IN4O2/c1-5-3-9(20,10(11,12)13)18(15-5)8(19)7-6(14)4-17(2)16-7/h4,20H,3H2,1-2H3. The summed E-state index contributed by atoms with van der Waals surface area (Å²) in [6, 6.07) is 0. The molecule has 1 unspecified atom stereocenters. The van der Waals surface area contributed by atoms with Crippen molar-refractivity contribution in [1.29, 1.82) is 0 Å². The third kappa shape index (κ3) is 2.30. The first kappa shape index (κ1) is 15.2. The molecule has 20 heavy (non-hydrogen) atoms. The molecule has 0 bridgehead atoms. The summed E-state index contributed by atoms with van der Waals surface area (Å²) in [5, 5.41) is 17.2. The highest BCUT2D eigenvalue weighted by molar-refractivity contribution is 14.1. The lowest BCUT2D eigenvalue weighted by molar-refractivity contribution is -0.297. The second kappa shape index (κ2) is 4.69. The van der Waals surface area contributed by atoms with Crippen molar-refractivity contribution in [1.82, 2.24) is 14.8 Å². The van der Waals surface area contributed by atoms with Crippen LogP contribution < -0.4 is 0 Å². The Morgan fingerprint density at radius 1 is 1.55 bits per heavy atom. The van der Waals surface area contributed by atoms with Crippen LogP contribution >= 0.6 is 22.6 Å². The predicted molar refractivity (Wildman–Crippen MR) is 70.8 cm³/mol. The number of halogens is 4. The van der Waals surface area contributed by atoms with E-state index >= 15 is 0 Å². The van der Waals surface area contributed by atoms with Gasteiger partial charge in [-0.15, -0.1) is 0 Å². The van der Waals surface area contributed by atoms with E-state index in [2.05, 4.69) is 10.2 Å². The SMILES string of the molecule is CC1=NN(C(=O)c2nn(C)cc2I)C(O)(C(F)(F)F)C1. The van der Waals surface area contributed by atoms with Crippen LogP contribution in [0.25, 0.3) is 0 Å². The monoisotopic (exact) mass is 402 g/mol. The van der Waals surface area contributed by atoms with Gasteiger partial charge in [-0.3, -0.25) is 9.48 Å². The maximum Gasteiger partial charge on any atom is 0.438 e. The van der Waals surface area contributed by atoms with Gasteiger partial charge in [0.2, 0.25) is 0 Å². The molecule has 1 aliphatic rings. The van der Waals surface area contributed by atoms with E-state index in [1.807, 2.05) is 0 Å². The lowest BCUT2D eigenvalue weighted by Gasteiger charge is -2.32. The third-order valence-corrected chi connectivity index (χ3v) is 3.55. The molecule has 0 fully saturated rings. The zero-order chi connectivity index (χ0) is 15.3. The summed E-state index contributed by atoms with van der Waals surface area (Å²) < 4.78 is 40.7. The highest BCUT2D eigenvalue weighted by atomic mass is 127. The van der Waals surface area contributed by atoms with E-state index in [0.717, 1.165) is 0 Å². The Labute approximate surface area is 125 Å². The molecule has 1 atom stereocenters. The maximum atomic E-state index is 13.0. The molecule has 0 aromatic carbocycles. The quantitative estimate of drug-likeness (QED) is 0.724. The van der Waals surface area contributed by atoms with Crippen LogP contribution in [0.5, 0.6) is 0 Å². The molecule has 0 radical (unpaired) electrons. The Kier molecular flexibility index (Phi) is 3.57. The minimum Gasteiger partial charge on any atom is -0.362 e. The van der Waals surface area contributed by atoms with Gasteiger partial charge in [0.25, 0.3) is 11.6 Å². The normalized spacial score (nSPS) is 23.1. The number of aryl methyl sites for hydroxylation is 1. The molecule has 1 aliphatic heterocycles. The van der Waals surface area contributed by atoms with Gasteiger partial charge in [0, 0.05) is 25.4 Å². The lowest BCUT2D eigenvalue weighted by Crippen LogP contribution is -2.56. The Morgan fingerprint density at radius 3 is 2.60 bits per heavy atom. The molecule has 0 saturated carbocycles. The van der Waals surface area contributed by atoms with Gasteiger partial charge in [-0.2, -0.15) is 28.4 Å². The van der Waals surface area contributed by atoms with Crippen LogP contribution in [-0.2, 0) is 7.05 Å². The highest BCUT2D eigenvalue weighted by Crippen LogP contribution is 2.40. The number of aromatic nitrogens is 2. The molecule has 1 N–H and O–H groups in total. The van der Waals surface area contributed by atoms with Gasteiger partial charge in [0.15, 0.2) is 5.69 Å². The van der Waals surface area contributed by atoms with E-state index in [0.29, 0.717) is 3.57 Å². The first-order valence-corrected chi connectivity index (χ1v) is 6.51. The minimum absolute atomic E-state index is 0.0177. The molecule has 2 heterocycles. The smallest absolute Gasteiger partial charge is 0.362 e. The molecule has 1 amide bonds. The van der Waals surface area contributed by atoms with Gasteiger partial charge < -0.3 is 5.11 Å². The van der Waals surface area contributed by atoms with Gasteiger partial charge in [-0.25, -0.2) is 0 Å². The molecule has 0 spiro atoms. The Balaban J connectivity index is 2.44. The fourth-order valence-corrected chi connectivity index (χ4v) is 2.60. The van der Waals surface area contributed by atoms with E-state index in [9.17, 15) is 23.1 Å². The van der Waals surface area contributed by atoms with Crippen molar-refractivity contribution in [2.75, 3.05) is 0 Å². The number of hydrogen-bond acceptors (Lipinski definition) is 4. The summed E-state index contributed by atoms with van der Waals surface area (Å²) in [5.41, 5.74) is -3.49. The number of amides is 1. The third-order valence-electron chi connectivity index (χ3n) is 2.76. The molecular weight excluding hydrogens is 392 g/mol. The Morgan fingerprint density at radius 2 is 2.15 bits per heavy atom. The van der Waals surface area contributed by atoms with Crippen LogP contribution in [0, 0.1) is 3.57 Å². The summed E-state index contributed by atoms with van der Waals surface area (Å²) in [6.45, 7) is 1.31. The number of carbonyl (C=O) groups excluding carboxylic acids is 1. The lowest BCUT2D eigenvalue weighted by atomic mass is 10.1. The molecule has 2 rings (SSSR count). The second-order valence-electron chi connectivity index (χ2n) is 4.44. The van der Waals surface area contributed by atoms with E-state index in [1.165, 1.54) is 24.9 Å². The highest BCUT2D eigenvalue weighted by Gasteiger charge is 2.63. The first-order valence-electron chi connectivity index (χ1n) is 5.43. The molecule has 1 aromatic heterocycles. The fraction of sp³-hybridized carbons (Fsp3) is 0.500. The van der Waals surface area contributed by atoms with Crippen LogP contribution in [-0.4, -0.2) is 43.4 Å². The van der Waals surface area contributed by atoms with E-state index < -0.39 is 24.2 Å². The van der Waals surface area contributed by atoms with Crippen molar-refractivity contribution < 1.29 is 23.1 Å². The first-order chi connectivity index (χ1) is 9.06. The Bertz CT molecular complexity index is 598. The van der Waals surface area contributed by atoms with Crippen LogP contribution in [0.3, 0.4) is 0 Å². The van der Waals surface area contributed by atoms with Gasteiger partial charge in [-0.05, 0) is 29.5 Å². The molecule has 10 heteroatoms. The predicted octanol–water partition coefficient (Wildman–Crippen LogP) is 1.50. The van der Waals surface area contributed by atoms with Crippen molar-refractivity contribution >= 4 is 34.2 Å². The number of aliphatic hydroxyl groups is 1. The van der Waals surface area contributed by atoms with Crippen LogP contribution in [0.2, 0.25) is 0 Å². The second-order valence-corrected chi connectivity index (χ2v) is 5.60. The molecule has 6 nitrogen and oxygen atoms in total. The number of rotatable bonds is 1. The Hall–Kier alpha value is -1.17. The molecular formula is C10H10F3IN4O2. The van der Waals surface area contributed by atoms with Gasteiger partial charge >= 0.3 is 6.18 Å². The van der Waals surface area contributed by atoms with Crippen molar-refractivity contribution in [2.45, 2.75) is 25.2 Å². The summed E-state index contributed by atoms with van der Waals surface area (Å²) in [5.74, 6) is -1.09. The number of alkyl halides is 3. The van der Waals surface area contributed by atoms with E-state index in [-0.39, 0.29) is 16.4 Å². The zero-order valence-corrected chi connectivity index (χ0v) is 12.6. The summed E-state index contributed by atoms with van der Waals surface area (Å²) in [4.78, 5) is 12.2. The van der Waals surface area contributed by atoms with Gasteiger partial charge in [-0.1, -0.05) is 0 Å². The molecule has 0 aliphatic carbocycles.